The molecule has 5 heteroatoms. The Labute approximate surface area is 183 Å². The highest BCUT2D eigenvalue weighted by Crippen LogP contribution is 2.34. The van der Waals surface area contributed by atoms with Crippen molar-refractivity contribution < 1.29 is 19.7 Å². The van der Waals surface area contributed by atoms with Crippen molar-refractivity contribution in [3.8, 4) is 17.2 Å². The molecular formula is C26H29NO4. The maximum atomic E-state index is 10.5. The number of aliphatic hydroxyl groups is 2. The van der Waals surface area contributed by atoms with Crippen molar-refractivity contribution >= 4 is 0 Å². The molecule has 1 fully saturated rings. The van der Waals surface area contributed by atoms with E-state index >= 15 is 0 Å². The second-order valence-corrected chi connectivity index (χ2v) is 8.14. The minimum atomic E-state index is -0.606. The largest absolute Gasteiger partial charge is 0.491 e. The van der Waals surface area contributed by atoms with Crippen LogP contribution >= 0.6 is 0 Å². The van der Waals surface area contributed by atoms with Crippen molar-refractivity contribution in [2.75, 3.05) is 32.8 Å². The molecule has 1 heterocycles. The second kappa shape index (κ2) is 9.96. The normalized spacial score (nSPS) is 19.8. The standard InChI is InChI=1S/C26H29NO4/c28-20-26(21-7-3-1-4-8-21)15-16-27(19-26)17-22(29)18-30-23-11-13-25(14-12-23)31-24-9-5-2-6-10-24/h1-14,22,28-29H,15-20H2. The predicted octanol–water partition coefficient (Wildman–Crippen LogP) is 3.85. The van der Waals surface area contributed by atoms with Gasteiger partial charge in [-0.05, 0) is 54.9 Å². The van der Waals surface area contributed by atoms with E-state index in [0.717, 1.165) is 36.6 Å². The Morgan fingerprint density at radius 3 is 2.13 bits per heavy atom. The zero-order valence-corrected chi connectivity index (χ0v) is 17.6. The lowest BCUT2D eigenvalue weighted by Gasteiger charge is -2.28. The molecule has 2 N–H and O–H groups in total. The van der Waals surface area contributed by atoms with Crippen LogP contribution in [0.5, 0.6) is 17.2 Å². The van der Waals surface area contributed by atoms with Gasteiger partial charge < -0.3 is 19.7 Å². The zero-order chi connectivity index (χ0) is 21.5. The molecule has 1 aliphatic heterocycles. The maximum Gasteiger partial charge on any atom is 0.127 e. The lowest BCUT2D eigenvalue weighted by molar-refractivity contribution is 0.0720. The number of benzene rings is 3. The summed E-state index contributed by atoms with van der Waals surface area (Å²) in [4.78, 5) is 2.20. The molecule has 0 saturated carbocycles. The molecule has 162 valence electrons. The molecular weight excluding hydrogens is 390 g/mol. The number of aliphatic hydroxyl groups excluding tert-OH is 2. The van der Waals surface area contributed by atoms with Crippen LogP contribution in [0.25, 0.3) is 0 Å². The lowest BCUT2D eigenvalue weighted by Crippen LogP contribution is -2.38. The average Bonchev–Trinajstić information content (AvgIpc) is 3.24. The summed E-state index contributed by atoms with van der Waals surface area (Å²) in [6.45, 7) is 2.42. The summed E-state index contributed by atoms with van der Waals surface area (Å²) < 4.78 is 11.5. The SMILES string of the molecule is OCC1(c2ccccc2)CCN(CC(O)COc2ccc(Oc3ccccc3)cc2)C1. The third kappa shape index (κ3) is 5.44. The number of nitrogens with zero attached hydrogens (tertiary/aromatic N) is 1. The third-order valence-corrected chi connectivity index (χ3v) is 5.84. The third-order valence-electron chi connectivity index (χ3n) is 5.84. The van der Waals surface area contributed by atoms with E-state index in [1.807, 2.05) is 72.8 Å². The van der Waals surface area contributed by atoms with E-state index in [1.54, 1.807) is 0 Å². The van der Waals surface area contributed by atoms with Crippen molar-refractivity contribution in [3.63, 3.8) is 0 Å². The van der Waals surface area contributed by atoms with Gasteiger partial charge in [0.05, 0.1) is 6.61 Å². The van der Waals surface area contributed by atoms with Crippen molar-refractivity contribution in [1.82, 2.24) is 4.90 Å². The highest BCUT2D eigenvalue weighted by molar-refractivity contribution is 5.35. The Kier molecular flexibility index (Phi) is 6.87. The van der Waals surface area contributed by atoms with Crippen LogP contribution in [0.3, 0.4) is 0 Å². The summed E-state index contributed by atoms with van der Waals surface area (Å²) in [6, 6.07) is 27.2. The number of para-hydroxylation sites is 1. The fourth-order valence-corrected chi connectivity index (χ4v) is 4.13. The molecule has 4 rings (SSSR count). The van der Waals surface area contributed by atoms with Crippen molar-refractivity contribution in [2.45, 2.75) is 17.9 Å². The topological polar surface area (TPSA) is 62.2 Å². The molecule has 1 saturated heterocycles. The summed E-state index contributed by atoms with van der Waals surface area (Å²) >= 11 is 0. The van der Waals surface area contributed by atoms with Crippen LogP contribution in [0.4, 0.5) is 0 Å². The van der Waals surface area contributed by atoms with Crippen LogP contribution in [-0.4, -0.2) is 54.1 Å². The van der Waals surface area contributed by atoms with Gasteiger partial charge in [0.2, 0.25) is 0 Å². The van der Waals surface area contributed by atoms with Crippen LogP contribution in [0.2, 0.25) is 0 Å². The van der Waals surface area contributed by atoms with Crippen molar-refractivity contribution in [3.05, 3.63) is 90.5 Å². The van der Waals surface area contributed by atoms with E-state index < -0.39 is 6.10 Å². The minimum Gasteiger partial charge on any atom is -0.491 e. The highest BCUT2D eigenvalue weighted by atomic mass is 16.5. The van der Waals surface area contributed by atoms with Crippen LogP contribution in [0.1, 0.15) is 12.0 Å². The Morgan fingerprint density at radius 2 is 1.45 bits per heavy atom. The van der Waals surface area contributed by atoms with Gasteiger partial charge >= 0.3 is 0 Å². The van der Waals surface area contributed by atoms with Gasteiger partial charge in [-0.2, -0.15) is 0 Å². The summed E-state index contributed by atoms with van der Waals surface area (Å²) in [6.07, 6.45) is 0.273. The van der Waals surface area contributed by atoms with Crippen molar-refractivity contribution in [1.29, 1.82) is 0 Å². The molecule has 5 nitrogen and oxygen atoms in total. The number of hydrogen-bond acceptors (Lipinski definition) is 5. The van der Waals surface area contributed by atoms with E-state index in [0.29, 0.717) is 12.3 Å². The lowest BCUT2D eigenvalue weighted by atomic mass is 9.80. The summed E-state index contributed by atoms with van der Waals surface area (Å²) in [5.74, 6) is 2.21. The van der Waals surface area contributed by atoms with Crippen molar-refractivity contribution in [2.24, 2.45) is 0 Å². The van der Waals surface area contributed by atoms with Crippen LogP contribution in [0.15, 0.2) is 84.9 Å². The first-order chi connectivity index (χ1) is 15.2. The fraction of sp³-hybridized carbons (Fsp3) is 0.308. The Balaban J connectivity index is 1.25. The van der Waals surface area contributed by atoms with Gasteiger partial charge in [-0.1, -0.05) is 48.5 Å². The first kappa shape index (κ1) is 21.4. The average molecular weight is 420 g/mol. The Hall–Kier alpha value is -2.86. The molecule has 0 bridgehead atoms. The highest BCUT2D eigenvalue weighted by Gasteiger charge is 2.39. The van der Waals surface area contributed by atoms with E-state index in [4.69, 9.17) is 9.47 Å². The Bertz CT molecular complexity index is 933. The van der Waals surface area contributed by atoms with Gasteiger partial charge in [0.25, 0.3) is 0 Å². The van der Waals surface area contributed by atoms with Crippen LogP contribution < -0.4 is 9.47 Å². The monoisotopic (exact) mass is 419 g/mol. The Morgan fingerprint density at radius 1 is 0.839 bits per heavy atom. The zero-order valence-electron chi connectivity index (χ0n) is 17.6. The van der Waals surface area contributed by atoms with E-state index in [1.165, 1.54) is 0 Å². The predicted molar refractivity (Wildman–Crippen MR) is 121 cm³/mol. The molecule has 3 aromatic rings. The first-order valence-corrected chi connectivity index (χ1v) is 10.7. The fourth-order valence-electron chi connectivity index (χ4n) is 4.13. The molecule has 2 unspecified atom stereocenters. The van der Waals surface area contributed by atoms with Gasteiger partial charge in [-0.15, -0.1) is 0 Å². The molecule has 0 aliphatic carbocycles. The van der Waals surface area contributed by atoms with E-state index in [9.17, 15) is 10.2 Å². The smallest absolute Gasteiger partial charge is 0.127 e. The molecule has 1 aliphatic rings. The summed E-state index contributed by atoms with van der Waals surface area (Å²) in [7, 11) is 0. The molecule has 0 radical (unpaired) electrons. The molecule has 3 aromatic carbocycles. The molecule has 31 heavy (non-hydrogen) atoms. The van der Waals surface area contributed by atoms with Gasteiger partial charge in [0.15, 0.2) is 0 Å². The number of rotatable bonds is 9. The number of ether oxygens (including phenoxy) is 2. The summed E-state index contributed by atoms with van der Waals surface area (Å²) in [5, 5.41) is 20.5. The van der Waals surface area contributed by atoms with Gasteiger partial charge in [0.1, 0.15) is 30.0 Å². The van der Waals surface area contributed by atoms with Gasteiger partial charge in [0, 0.05) is 18.5 Å². The van der Waals surface area contributed by atoms with Gasteiger partial charge in [-0.25, -0.2) is 0 Å². The first-order valence-electron chi connectivity index (χ1n) is 10.7. The molecule has 2 atom stereocenters. The maximum absolute atomic E-state index is 10.5. The number of hydrogen-bond donors (Lipinski definition) is 2. The van der Waals surface area contributed by atoms with Gasteiger partial charge in [-0.3, -0.25) is 4.90 Å². The van der Waals surface area contributed by atoms with E-state index in [-0.39, 0.29) is 18.6 Å². The van der Waals surface area contributed by atoms with Crippen LogP contribution in [0, 0.1) is 0 Å². The number of likely N-dealkylation sites (tertiary alicyclic amines) is 1. The van der Waals surface area contributed by atoms with E-state index in [2.05, 4.69) is 17.0 Å². The second-order valence-electron chi connectivity index (χ2n) is 8.14. The quantitative estimate of drug-likeness (QED) is 0.552. The van der Waals surface area contributed by atoms with Crippen LogP contribution in [-0.2, 0) is 5.41 Å². The molecule has 0 spiro atoms. The summed E-state index contributed by atoms with van der Waals surface area (Å²) in [5.41, 5.74) is 0.903. The minimum absolute atomic E-state index is 0.109. The molecule has 0 aromatic heterocycles. The number of β-amino-alcohol motifs (C(OH)–C–C–N with tert-alkyl or cyclic N) is 1. The molecule has 0 amide bonds.